The van der Waals surface area contributed by atoms with Gasteiger partial charge in [-0.3, -0.25) is 9.59 Å². The van der Waals surface area contributed by atoms with Crippen LogP contribution in [0.1, 0.15) is 37.5 Å². The van der Waals surface area contributed by atoms with Gasteiger partial charge in [0.1, 0.15) is 5.25 Å². The lowest BCUT2D eigenvalue weighted by atomic mass is 9.85. The normalized spacial score (nSPS) is 30.3. The lowest BCUT2D eigenvalue weighted by molar-refractivity contribution is -0.146. The monoisotopic (exact) mass is 471 g/mol. The van der Waals surface area contributed by atoms with Crippen molar-refractivity contribution in [1.29, 1.82) is 0 Å². The van der Waals surface area contributed by atoms with Crippen LogP contribution in [0.2, 0.25) is 0 Å². The zero-order valence-corrected chi connectivity index (χ0v) is 20.4. The summed E-state index contributed by atoms with van der Waals surface area (Å²) in [4.78, 5) is 28.3. The topological polar surface area (TPSA) is 78.0 Å². The summed E-state index contributed by atoms with van der Waals surface area (Å²) in [5.74, 6) is -0.494. The van der Waals surface area contributed by atoms with Gasteiger partial charge in [-0.1, -0.05) is 55.5 Å². The van der Waals surface area contributed by atoms with Crippen molar-refractivity contribution in [1.82, 2.24) is 14.1 Å². The van der Waals surface area contributed by atoms with E-state index in [0.29, 0.717) is 26.1 Å². The summed E-state index contributed by atoms with van der Waals surface area (Å²) in [6.07, 6.45) is 7.20. The minimum Gasteiger partial charge on any atom is -0.342 e. The third-order valence-electron chi connectivity index (χ3n) is 7.15. The van der Waals surface area contributed by atoms with Crippen molar-refractivity contribution in [3.05, 3.63) is 59.7 Å². The van der Waals surface area contributed by atoms with E-state index in [1.54, 1.807) is 21.2 Å². The van der Waals surface area contributed by atoms with E-state index in [1.165, 1.54) is 0 Å². The van der Waals surface area contributed by atoms with E-state index < -0.39 is 15.3 Å². The smallest absolute Gasteiger partial charge is 0.241 e. The highest BCUT2D eigenvalue weighted by molar-refractivity contribution is 7.89. The molecule has 0 aromatic heterocycles. The summed E-state index contributed by atoms with van der Waals surface area (Å²) in [6.45, 7) is 5.45. The van der Waals surface area contributed by atoms with Gasteiger partial charge in [-0.25, -0.2) is 8.42 Å². The number of allylic oxidation sites excluding steroid dienone is 1. The minimum atomic E-state index is -3.50. The Morgan fingerprint density at radius 2 is 1.82 bits per heavy atom. The first-order chi connectivity index (χ1) is 15.7. The molecule has 33 heavy (non-hydrogen) atoms. The fourth-order valence-electron chi connectivity index (χ4n) is 5.00. The summed E-state index contributed by atoms with van der Waals surface area (Å²) < 4.78 is 28.6. The predicted molar refractivity (Wildman–Crippen MR) is 128 cm³/mol. The number of piperazine rings is 1. The highest BCUT2D eigenvalue weighted by Crippen LogP contribution is 2.38. The Hall–Kier alpha value is -2.45. The first-order valence-corrected chi connectivity index (χ1v) is 13.2. The van der Waals surface area contributed by atoms with Crippen LogP contribution in [0.3, 0.4) is 0 Å². The van der Waals surface area contributed by atoms with Crippen LogP contribution in [0.5, 0.6) is 0 Å². The second-order valence-electron chi connectivity index (χ2n) is 9.48. The fraction of sp³-hybridized carbons (Fsp3) is 0.520. The van der Waals surface area contributed by atoms with Gasteiger partial charge in [0.25, 0.3) is 0 Å². The summed E-state index contributed by atoms with van der Waals surface area (Å²) in [5.41, 5.74) is 1.74. The van der Waals surface area contributed by atoms with Crippen LogP contribution < -0.4 is 0 Å². The average Bonchev–Trinajstić information content (AvgIpc) is 2.78. The number of likely N-dealkylation sites (N-methyl/N-ethyl adjacent to an activating group) is 1. The molecule has 2 saturated heterocycles. The third-order valence-corrected chi connectivity index (χ3v) is 9.52. The van der Waals surface area contributed by atoms with Crippen LogP contribution in [-0.4, -0.2) is 73.6 Å². The van der Waals surface area contributed by atoms with Gasteiger partial charge < -0.3 is 9.80 Å². The summed E-state index contributed by atoms with van der Waals surface area (Å²) in [5, 5.41) is -0.524. The van der Waals surface area contributed by atoms with Gasteiger partial charge in [-0.15, -0.1) is 0 Å². The SMILES string of the molecule is CC1C=C(CN2[C@@H](C)CCC(c3ccccc3)S2(=O)=O)C=CC1C(=O)N1CCN(C)C(=O)C1. The molecule has 0 spiro atoms. The van der Waals surface area contributed by atoms with Crippen LogP contribution in [0.15, 0.2) is 54.1 Å². The minimum absolute atomic E-state index is 0.0430. The maximum Gasteiger partial charge on any atom is 0.241 e. The zero-order valence-electron chi connectivity index (χ0n) is 19.6. The van der Waals surface area contributed by atoms with Crippen molar-refractivity contribution in [3.63, 3.8) is 0 Å². The number of hydrogen-bond acceptors (Lipinski definition) is 4. The van der Waals surface area contributed by atoms with E-state index >= 15 is 0 Å². The molecule has 1 aromatic carbocycles. The molecule has 3 unspecified atom stereocenters. The van der Waals surface area contributed by atoms with Crippen molar-refractivity contribution < 1.29 is 18.0 Å². The Balaban J connectivity index is 1.46. The highest BCUT2D eigenvalue weighted by Gasteiger charge is 2.41. The lowest BCUT2D eigenvalue weighted by Gasteiger charge is -2.38. The molecule has 2 amide bonds. The van der Waals surface area contributed by atoms with Crippen molar-refractivity contribution in [3.8, 4) is 0 Å². The van der Waals surface area contributed by atoms with Gasteiger partial charge in [0.05, 0.1) is 12.5 Å². The van der Waals surface area contributed by atoms with Gasteiger partial charge in [0, 0.05) is 32.7 Å². The molecule has 4 rings (SSSR count). The van der Waals surface area contributed by atoms with Crippen LogP contribution in [0.4, 0.5) is 0 Å². The summed E-state index contributed by atoms with van der Waals surface area (Å²) >= 11 is 0. The van der Waals surface area contributed by atoms with E-state index in [4.69, 9.17) is 0 Å². The summed E-state index contributed by atoms with van der Waals surface area (Å²) in [6, 6.07) is 9.36. The molecule has 2 heterocycles. The van der Waals surface area contributed by atoms with Crippen LogP contribution in [-0.2, 0) is 19.6 Å². The molecular formula is C25H33N3O4S. The molecule has 0 saturated carbocycles. The molecule has 0 N–H and O–H groups in total. The van der Waals surface area contributed by atoms with Crippen molar-refractivity contribution >= 4 is 21.8 Å². The highest BCUT2D eigenvalue weighted by atomic mass is 32.2. The first kappa shape index (κ1) is 23.7. The number of sulfonamides is 1. The average molecular weight is 472 g/mol. The Kier molecular flexibility index (Phi) is 6.77. The lowest BCUT2D eigenvalue weighted by Crippen LogP contribution is -2.52. The predicted octanol–water partition coefficient (Wildman–Crippen LogP) is 2.59. The van der Waals surface area contributed by atoms with E-state index in [-0.39, 0.29) is 36.2 Å². The van der Waals surface area contributed by atoms with Crippen molar-refractivity contribution in [2.75, 3.05) is 33.2 Å². The molecule has 8 heteroatoms. The van der Waals surface area contributed by atoms with E-state index in [9.17, 15) is 18.0 Å². The Bertz CT molecular complexity index is 1070. The largest absolute Gasteiger partial charge is 0.342 e. The Labute approximate surface area is 196 Å². The van der Waals surface area contributed by atoms with E-state index in [0.717, 1.165) is 17.6 Å². The molecule has 2 aliphatic heterocycles. The summed E-state index contributed by atoms with van der Waals surface area (Å²) in [7, 11) is -1.75. The molecule has 178 valence electrons. The number of carbonyl (C=O) groups excluding carboxylic acids is 2. The van der Waals surface area contributed by atoms with Gasteiger partial charge >= 0.3 is 0 Å². The van der Waals surface area contributed by atoms with Crippen LogP contribution in [0.25, 0.3) is 0 Å². The van der Waals surface area contributed by atoms with Crippen molar-refractivity contribution in [2.45, 2.75) is 38.0 Å². The van der Waals surface area contributed by atoms with Gasteiger partial charge in [0.15, 0.2) is 0 Å². The fourth-order valence-corrected chi connectivity index (χ4v) is 7.20. The number of nitrogens with zero attached hydrogens (tertiary/aromatic N) is 3. The van der Waals surface area contributed by atoms with Crippen LogP contribution in [0, 0.1) is 11.8 Å². The maximum absolute atomic E-state index is 13.5. The molecule has 3 aliphatic rings. The van der Waals surface area contributed by atoms with Gasteiger partial charge in [0.2, 0.25) is 21.8 Å². The van der Waals surface area contributed by atoms with Gasteiger partial charge in [-0.2, -0.15) is 4.31 Å². The third kappa shape index (κ3) is 4.77. The number of amides is 2. The van der Waals surface area contributed by atoms with E-state index in [1.807, 2.05) is 62.4 Å². The van der Waals surface area contributed by atoms with Crippen molar-refractivity contribution in [2.24, 2.45) is 11.8 Å². The zero-order chi connectivity index (χ0) is 23.8. The van der Waals surface area contributed by atoms with Gasteiger partial charge in [-0.05, 0) is 36.8 Å². The van der Waals surface area contributed by atoms with Crippen LogP contribution >= 0.6 is 0 Å². The molecule has 2 fully saturated rings. The number of hydrogen-bond donors (Lipinski definition) is 0. The van der Waals surface area contributed by atoms with E-state index in [2.05, 4.69) is 0 Å². The molecule has 0 radical (unpaired) electrons. The standard InChI is InChI=1S/C25H33N3O4S/c1-18-15-20(10-11-22(18)25(30)27-14-13-26(3)24(29)17-27)16-28-19(2)9-12-23(33(28,31)32)21-7-5-4-6-8-21/h4-8,10-11,15,18-19,22-23H,9,12-14,16-17H2,1-3H3/t18?,19-,22?,23?/m0/s1. The molecular weight excluding hydrogens is 438 g/mol. The molecule has 1 aliphatic carbocycles. The Morgan fingerprint density at radius 1 is 1.09 bits per heavy atom. The number of benzene rings is 1. The molecule has 7 nitrogen and oxygen atoms in total. The number of carbonyl (C=O) groups is 2. The molecule has 4 atom stereocenters. The second-order valence-corrected chi connectivity index (χ2v) is 11.5. The quantitative estimate of drug-likeness (QED) is 0.676. The first-order valence-electron chi connectivity index (χ1n) is 11.7. The molecule has 0 bridgehead atoms. The Morgan fingerprint density at radius 3 is 2.48 bits per heavy atom. The number of rotatable bonds is 4. The second kappa shape index (κ2) is 9.43. The maximum atomic E-state index is 13.5. The molecule has 1 aromatic rings.